The number of carbonyl (C=O) groups is 1. The van der Waals surface area contributed by atoms with Gasteiger partial charge < -0.3 is 9.52 Å². The second-order valence-corrected chi connectivity index (χ2v) is 7.61. The summed E-state index contributed by atoms with van der Waals surface area (Å²) in [5, 5.41) is 9.28. The molecule has 0 spiro atoms. The summed E-state index contributed by atoms with van der Waals surface area (Å²) in [6.45, 7) is 10.6. The Balaban J connectivity index is 3.52. The number of carboxylic acid groups (broad SMARTS) is 1. The molecule has 0 amide bonds. The zero-order valence-electron chi connectivity index (χ0n) is 13.3. The van der Waals surface area contributed by atoms with Crippen LogP contribution in [0.5, 0.6) is 0 Å². The van der Waals surface area contributed by atoms with E-state index in [1.807, 2.05) is 13.8 Å². The molecule has 7 heteroatoms. The van der Waals surface area contributed by atoms with Gasteiger partial charge >= 0.3 is 5.97 Å². The van der Waals surface area contributed by atoms with Crippen LogP contribution in [-0.4, -0.2) is 36.4 Å². The van der Waals surface area contributed by atoms with Crippen LogP contribution in [0.4, 0.5) is 0 Å². The summed E-state index contributed by atoms with van der Waals surface area (Å²) in [6, 6.07) is -0.270. The minimum absolute atomic E-state index is 0.104. The summed E-state index contributed by atoms with van der Waals surface area (Å²) < 4.78 is 32.3. The highest BCUT2D eigenvalue weighted by Gasteiger charge is 2.36. The Morgan fingerprint density at radius 2 is 1.71 bits per heavy atom. The molecule has 0 aliphatic carbocycles. The Kier molecular flexibility index (Phi) is 5.22. The fraction of sp³-hybridized carbons (Fsp3) is 0.643. The van der Waals surface area contributed by atoms with E-state index in [1.165, 1.54) is 18.2 Å². The monoisotopic (exact) mass is 317 g/mol. The molecule has 0 fully saturated rings. The molecule has 21 heavy (non-hydrogen) atoms. The maximum absolute atomic E-state index is 12.9. The van der Waals surface area contributed by atoms with Gasteiger partial charge in [-0.05, 0) is 33.6 Å². The smallest absolute Gasteiger partial charge is 0.340 e. The summed E-state index contributed by atoms with van der Waals surface area (Å²) in [7, 11) is -3.92. The van der Waals surface area contributed by atoms with E-state index in [1.54, 1.807) is 13.8 Å². The van der Waals surface area contributed by atoms with Gasteiger partial charge in [0.15, 0.2) is 0 Å². The molecule has 1 rings (SSSR count). The Bertz CT molecular complexity index is 628. The minimum Gasteiger partial charge on any atom is -0.478 e. The first-order valence-corrected chi connectivity index (χ1v) is 8.29. The van der Waals surface area contributed by atoms with Crippen molar-refractivity contribution in [2.24, 2.45) is 5.92 Å². The first-order valence-electron chi connectivity index (χ1n) is 6.85. The number of furan rings is 1. The van der Waals surface area contributed by atoms with Crippen molar-refractivity contribution < 1.29 is 22.7 Å². The summed E-state index contributed by atoms with van der Waals surface area (Å²) in [5.74, 6) is -0.953. The van der Waals surface area contributed by atoms with Crippen LogP contribution in [0.1, 0.15) is 49.6 Å². The predicted molar refractivity (Wildman–Crippen MR) is 79.0 cm³/mol. The van der Waals surface area contributed by atoms with Crippen LogP contribution < -0.4 is 0 Å². The largest absolute Gasteiger partial charge is 0.478 e. The second-order valence-electron chi connectivity index (χ2n) is 5.79. The summed E-state index contributed by atoms with van der Waals surface area (Å²) in [4.78, 5) is 11.1. The third kappa shape index (κ3) is 3.47. The molecule has 6 nitrogen and oxygen atoms in total. The van der Waals surface area contributed by atoms with Crippen LogP contribution >= 0.6 is 0 Å². The van der Waals surface area contributed by atoms with Crippen molar-refractivity contribution >= 4 is 16.0 Å². The summed E-state index contributed by atoms with van der Waals surface area (Å²) in [6.07, 6.45) is 0. The van der Waals surface area contributed by atoms with E-state index < -0.39 is 16.0 Å². The minimum atomic E-state index is -3.92. The lowest BCUT2D eigenvalue weighted by molar-refractivity contribution is 0.0691. The van der Waals surface area contributed by atoms with E-state index in [2.05, 4.69) is 0 Å². The lowest BCUT2D eigenvalue weighted by Crippen LogP contribution is -2.40. The molecule has 120 valence electrons. The van der Waals surface area contributed by atoms with Crippen molar-refractivity contribution in [2.75, 3.05) is 6.54 Å². The first kappa shape index (κ1) is 17.7. The molecule has 0 radical (unpaired) electrons. The molecule has 0 saturated heterocycles. The van der Waals surface area contributed by atoms with Crippen molar-refractivity contribution in [1.82, 2.24) is 4.31 Å². The molecule has 1 heterocycles. The highest BCUT2D eigenvalue weighted by molar-refractivity contribution is 7.89. The zero-order valence-corrected chi connectivity index (χ0v) is 14.1. The average molecular weight is 317 g/mol. The first-order chi connectivity index (χ1) is 9.50. The number of aryl methyl sites for hydroxylation is 2. The fourth-order valence-electron chi connectivity index (χ4n) is 2.28. The molecule has 0 saturated carbocycles. The zero-order chi connectivity index (χ0) is 16.5. The molecule has 1 N–H and O–H groups in total. The van der Waals surface area contributed by atoms with Crippen molar-refractivity contribution in [3.63, 3.8) is 0 Å². The molecular formula is C14H23NO5S. The number of rotatable bonds is 6. The van der Waals surface area contributed by atoms with Crippen LogP contribution in [0, 0.1) is 19.8 Å². The van der Waals surface area contributed by atoms with Gasteiger partial charge in [0.05, 0.1) is 0 Å². The van der Waals surface area contributed by atoms with Crippen molar-refractivity contribution in [3.05, 3.63) is 17.1 Å². The fourth-order valence-corrected chi connectivity index (χ4v) is 4.46. The van der Waals surface area contributed by atoms with E-state index in [0.29, 0.717) is 6.54 Å². The number of carboxylic acids is 1. The molecule has 0 aliphatic rings. The van der Waals surface area contributed by atoms with Gasteiger partial charge in [-0.25, -0.2) is 13.2 Å². The second kappa shape index (κ2) is 6.19. The van der Waals surface area contributed by atoms with Gasteiger partial charge in [-0.3, -0.25) is 0 Å². The van der Waals surface area contributed by atoms with E-state index in [4.69, 9.17) is 4.42 Å². The van der Waals surface area contributed by atoms with Crippen molar-refractivity contribution in [1.29, 1.82) is 0 Å². The standard InChI is InChI=1S/C14H23NO5S/c1-8(2)7-15(9(3)4)21(18,19)13-11(6)20-10(5)12(13)14(16)17/h8-9H,7H2,1-6H3,(H,16,17). The molecule has 1 aromatic rings. The van der Waals surface area contributed by atoms with Gasteiger partial charge in [0, 0.05) is 12.6 Å². The van der Waals surface area contributed by atoms with Crippen LogP contribution in [-0.2, 0) is 10.0 Å². The number of hydrogen-bond donors (Lipinski definition) is 1. The molecule has 0 aromatic carbocycles. The van der Waals surface area contributed by atoms with Crippen molar-refractivity contribution in [3.8, 4) is 0 Å². The Morgan fingerprint density at radius 3 is 2.10 bits per heavy atom. The molecular weight excluding hydrogens is 294 g/mol. The molecule has 0 aliphatic heterocycles. The van der Waals surface area contributed by atoms with Gasteiger partial charge in [0.2, 0.25) is 10.0 Å². The third-order valence-corrected chi connectivity index (χ3v) is 5.30. The van der Waals surface area contributed by atoms with Crippen LogP contribution in [0.2, 0.25) is 0 Å². The lowest BCUT2D eigenvalue weighted by atomic mass is 10.2. The van der Waals surface area contributed by atoms with Gasteiger partial charge in [-0.1, -0.05) is 13.8 Å². The van der Waals surface area contributed by atoms with Gasteiger partial charge in [0.25, 0.3) is 0 Å². The number of aromatic carboxylic acids is 1. The van der Waals surface area contributed by atoms with E-state index in [0.717, 1.165) is 0 Å². The Labute approximate surface area is 125 Å². The normalized spacial score (nSPS) is 12.6. The number of hydrogen-bond acceptors (Lipinski definition) is 4. The quantitative estimate of drug-likeness (QED) is 0.871. The Hall–Kier alpha value is -1.34. The van der Waals surface area contributed by atoms with Gasteiger partial charge in [0.1, 0.15) is 22.0 Å². The topological polar surface area (TPSA) is 87.8 Å². The summed E-state index contributed by atoms with van der Waals surface area (Å²) >= 11 is 0. The van der Waals surface area contributed by atoms with E-state index >= 15 is 0 Å². The molecule has 0 bridgehead atoms. The summed E-state index contributed by atoms with van der Waals surface area (Å²) in [5.41, 5.74) is -0.276. The van der Waals surface area contributed by atoms with Crippen LogP contribution in [0.25, 0.3) is 0 Å². The average Bonchev–Trinajstić information content (AvgIpc) is 2.60. The van der Waals surface area contributed by atoms with Crippen molar-refractivity contribution in [2.45, 2.75) is 52.5 Å². The SMILES string of the molecule is Cc1oc(C)c(S(=O)(=O)N(CC(C)C)C(C)C)c1C(=O)O. The Morgan fingerprint density at radius 1 is 1.19 bits per heavy atom. The third-order valence-electron chi connectivity index (χ3n) is 3.11. The van der Waals surface area contributed by atoms with Crippen LogP contribution in [0.15, 0.2) is 9.31 Å². The molecule has 0 atom stereocenters. The maximum atomic E-state index is 12.9. The highest BCUT2D eigenvalue weighted by atomic mass is 32.2. The highest BCUT2D eigenvalue weighted by Crippen LogP contribution is 2.30. The molecule has 1 aromatic heterocycles. The number of sulfonamides is 1. The maximum Gasteiger partial charge on any atom is 0.340 e. The number of nitrogens with zero attached hydrogens (tertiary/aromatic N) is 1. The predicted octanol–water partition coefficient (Wildman–Crippen LogP) is 2.65. The van der Waals surface area contributed by atoms with E-state index in [-0.39, 0.29) is 33.9 Å². The lowest BCUT2D eigenvalue weighted by Gasteiger charge is -2.27. The molecule has 0 unspecified atom stereocenters. The van der Waals surface area contributed by atoms with Gasteiger partial charge in [-0.15, -0.1) is 0 Å². The van der Waals surface area contributed by atoms with Crippen LogP contribution in [0.3, 0.4) is 0 Å². The van der Waals surface area contributed by atoms with Gasteiger partial charge in [-0.2, -0.15) is 4.31 Å². The van der Waals surface area contributed by atoms with E-state index in [9.17, 15) is 18.3 Å².